The van der Waals surface area contributed by atoms with Gasteiger partial charge in [0.1, 0.15) is 5.76 Å². The van der Waals surface area contributed by atoms with Crippen molar-refractivity contribution in [3.8, 4) is 5.75 Å². The summed E-state index contributed by atoms with van der Waals surface area (Å²) >= 11 is 0. The van der Waals surface area contributed by atoms with E-state index in [1.54, 1.807) is 25.1 Å². The van der Waals surface area contributed by atoms with Crippen LogP contribution < -0.4 is 15.5 Å². The number of carbonyl (C=O) groups excluding carboxylic acids is 2. The number of furan rings is 1. The first-order valence-electron chi connectivity index (χ1n) is 7.00. The molecule has 8 heteroatoms. The van der Waals surface area contributed by atoms with E-state index in [9.17, 15) is 14.0 Å². The lowest BCUT2D eigenvalue weighted by molar-refractivity contribution is -0.139. The normalized spacial score (nSPS) is 11.0. The molecule has 1 aromatic heterocycles. The minimum absolute atomic E-state index is 0.0889. The molecule has 0 bridgehead atoms. The molecule has 7 nitrogen and oxygen atoms in total. The molecule has 1 heterocycles. The molecule has 0 radical (unpaired) electrons. The first-order chi connectivity index (χ1) is 11.5. The Kier molecular flexibility index (Phi) is 5.67. The van der Waals surface area contributed by atoms with Crippen LogP contribution in [-0.4, -0.2) is 24.6 Å². The first-order valence-corrected chi connectivity index (χ1v) is 7.00. The summed E-state index contributed by atoms with van der Waals surface area (Å²) in [5.41, 5.74) is 2.90. The van der Waals surface area contributed by atoms with Crippen LogP contribution >= 0.6 is 0 Å². The van der Waals surface area contributed by atoms with Gasteiger partial charge in [0.15, 0.2) is 11.6 Å². The van der Waals surface area contributed by atoms with Crippen molar-refractivity contribution in [1.82, 2.24) is 10.7 Å². The molecule has 0 aliphatic carbocycles. The van der Waals surface area contributed by atoms with Crippen LogP contribution in [0.4, 0.5) is 4.39 Å². The fourth-order valence-electron chi connectivity index (χ4n) is 1.80. The summed E-state index contributed by atoms with van der Waals surface area (Å²) in [6, 6.07) is 7.59. The molecule has 2 aromatic rings. The average molecular weight is 333 g/mol. The third-order valence-electron chi connectivity index (χ3n) is 3.10. The van der Waals surface area contributed by atoms with Gasteiger partial charge in [-0.1, -0.05) is 0 Å². The fraction of sp³-hybridized carbons (Fsp3) is 0.188. The summed E-state index contributed by atoms with van der Waals surface area (Å²) in [6.07, 6.45) is 1.46. The Morgan fingerprint density at radius 2 is 2.08 bits per heavy atom. The van der Waals surface area contributed by atoms with Crippen molar-refractivity contribution in [2.75, 3.05) is 7.11 Å². The fourth-order valence-corrected chi connectivity index (χ4v) is 1.80. The van der Waals surface area contributed by atoms with E-state index in [-0.39, 0.29) is 12.3 Å². The molecule has 0 fully saturated rings. The third-order valence-corrected chi connectivity index (χ3v) is 3.10. The Bertz CT molecular complexity index is 757. The second kappa shape index (κ2) is 7.91. The van der Waals surface area contributed by atoms with Crippen molar-refractivity contribution < 1.29 is 23.1 Å². The van der Waals surface area contributed by atoms with Crippen molar-refractivity contribution in [3.05, 3.63) is 53.7 Å². The van der Waals surface area contributed by atoms with Gasteiger partial charge in [0, 0.05) is 5.56 Å². The quantitative estimate of drug-likeness (QED) is 0.494. The highest BCUT2D eigenvalue weighted by Crippen LogP contribution is 2.17. The second-order valence-electron chi connectivity index (χ2n) is 4.75. The van der Waals surface area contributed by atoms with Crippen molar-refractivity contribution in [2.45, 2.75) is 13.5 Å². The summed E-state index contributed by atoms with van der Waals surface area (Å²) in [6.45, 7) is 1.66. The molecule has 0 spiro atoms. The minimum atomic E-state index is -0.935. The van der Waals surface area contributed by atoms with Gasteiger partial charge in [0.05, 0.1) is 25.6 Å². The Morgan fingerprint density at radius 3 is 2.71 bits per heavy atom. The largest absolute Gasteiger partial charge is 0.494 e. The maximum atomic E-state index is 13.6. The van der Waals surface area contributed by atoms with Gasteiger partial charge in [-0.05, 0) is 37.3 Å². The lowest BCUT2D eigenvalue weighted by Crippen LogP contribution is -2.37. The summed E-state index contributed by atoms with van der Waals surface area (Å²) in [5, 5.41) is 6.16. The number of hydrogen-bond acceptors (Lipinski definition) is 5. The Hall–Kier alpha value is -3.16. The van der Waals surface area contributed by atoms with Crippen molar-refractivity contribution >= 4 is 17.5 Å². The van der Waals surface area contributed by atoms with Crippen LogP contribution in [0.3, 0.4) is 0 Å². The number of carbonyl (C=O) groups is 2. The molecule has 0 saturated carbocycles. The number of halogens is 1. The van der Waals surface area contributed by atoms with E-state index in [0.29, 0.717) is 17.0 Å². The zero-order chi connectivity index (χ0) is 17.5. The van der Waals surface area contributed by atoms with E-state index in [1.165, 1.54) is 25.5 Å². The number of amides is 2. The van der Waals surface area contributed by atoms with Gasteiger partial charge in [-0.25, -0.2) is 9.82 Å². The summed E-state index contributed by atoms with van der Waals surface area (Å²) in [4.78, 5) is 23.3. The molecule has 24 heavy (non-hydrogen) atoms. The first kappa shape index (κ1) is 17.2. The minimum Gasteiger partial charge on any atom is -0.494 e. The van der Waals surface area contributed by atoms with E-state index >= 15 is 0 Å². The number of benzene rings is 1. The number of hydrazone groups is 1. The van der Waals surface area contributed by atoms with E-state index in [0.717, 1.165) is 0 Å². The van der Waals surface area contributed by atoms with Gasteiger partial charge < -0.3 is 14.5 Å². The molecule has 2 N–H and O–H groups in total. The van der Waals surface area contributed by atoms with Crippen LogP contribution in [0.5, 0.6) is 5.75 Å². The number of nitrogens with one attached hydrogen (secondary N) is 2. The second-order valence-corrected chi connectivity index (χ2v) is 4.75. The number of nitrogens with zero attached hydrogens (tertiary/aromatic N) is 1. The van der Waals surface area contributed by atoms with Crippen LogP contribution in [-0.2, 0) is 16.1 Å². The standard InChI is InChI=1S/C16H16FN3O4/c1-10(11-5-6-14(23-2)13(17)8-11)19-20-16(22)15(21)18-9-12-4-3-7-24-12/h3-8H,9H2,1-2H3,(H,18,21)(H,20,22)/b19-10-. The highest BCUT2D eigenvalue weighted by Gasteiger charge is 2.13. The van der Waals surface area contributed by atoms with Gasteiger partial charge >= 0.3 is 11.8 Å². The molecule has 0 saturated heterocycles. The lowest BCUT2D eigenvalue weighted by Gasteiger charge is -2.06. The highest BCUT2D eigenvalue weighted by molar-refractivity contribution is 6.35. The molecule has 2 amide bonds. The van der Waals surface area contributed by atoms with Gasteiger partial charge in [0.25, 0.3) is 0 Å². The molecule has 2 rings (SSSR count). The van der Waals surface area contributed by atoms with Crippen molar-refractivity contribution in [1.29, 1.82) is 0 Å². The third kappa shape index (κ3) is 4.42. The zero-order valence-corrected chi connectivity index (χ0v) is 13.1. The van der Waals surface area contributed by atoms with Gasteiger partial charge in [-0.2, -0.15) is 5.10 Å². The molecule has 0 atom stereocenters. The molecule has 0 aliphatic rings. The summed E-state index contributed by atoms with van der Waals surface area (Å²) in [5.74, 6) is -1.72. The van der Waals surface area contributed by atoms with Crippen molar-refractivity contribution in [3.63, 3.8) is 0 Å². The smallest absolute Gasteiger partial charge is 0.329 e. The average Bonchev–Trinajstić information content (AvgIpc) is 3.10. The van der Waals surface area contributed by atoms with Gasteiger partial charge in [-0.15, -0.1) is 0 Å². The number of ether oxygens (including phenoxy) is 1. The number of rotatable bonds is 5. The number of methoxy groups -OCH3 is 1. The monoisotopic (exact) mass is 333 g/mol. The lowest BCUT2D eigenvalue weighted by atomic mass is 10.1. The molecule has 0 unspecified atom stereocenters. The van der Waals surface area contributed by atoms with Gasteiger partial charge in [-0.3, -0.25) is 9.59 Å². The Balaban J connectivity index is 1.92. The van der Waals surface area contributed by atoms with E-state index < -0.39 is 17.6 Å². The van der Waals surface area contributed by atoms with E-state index in [2.05, 4.69) is 15.8 Å². The predicted molar refractivity (Wildman–Crippen MR) is 83.9 cm³/mol. The van der Waals surface area contributed by atoms with E-state index in [4.69, 9.17) is 9.15 Å². The highest BCUT2D eigenvalue weighted by atomic mass is 19.1. The van der Waals surface area contributed by atoms with Crippen LogP contribution in [0.15, 0.2) is 46.1 Å². The Labute approximate surface area is 137 Å². The van der Waals surface area contributed by atoms with Crippen LogP contribution in [0, 0.1) is 5.82 Å². The van der Waals surface area contributed by atoms with Crippen LogP contribution in [0.25, 0.3) is 0 Å². The molecule has 0 aliphatic heterocycles. The van der Waals surface area contributed by atoms with Crippen molar-refractivity contribution in [2.24, 2.45) is 5.10 Å². The topological polar surface area (TPSA) is 92.9 Å². The predicted octanol–water partition coefficient (Wildman–Crippen LogP) is 1.58. The van der Waals surface area contributed by atoms with Crippen LogP contribution in [0.1, 0.15) is 18.2 Å². The summed E-state index contributed by atoms with van der Waals surface area (Å²) in [7, 11) is 1.36. The molecule has 126 valence electrons. The molecular weight excluding hydrogens is 317 g/mol. The maximum absolute atomic E-state index is 13.6. The van der Waals surface area contributed by atoms with Gasteiger partial charge in [0.2, 0.25) is 0 Å². The van der Waals surface area contributed by atoms with Crippen LogP contribution in [0.2, 0.25) is 0 Å². The SMILES string of the molecule is COc1ccc(/C(C)=N\NC(=O)C(=O)NCc2ccco2)cc1F. The summed E-state index contributed by atoms with van der Waals surface area (Å²) < 4.78 is 23.5. The van der Waals surface area contributed by atoms with E-state index in [1.807, 2.05) is 0 Å². The Morgan fingerprint density at radius 1 is 1.29 bits per heavy atom. The molecule has 1 aromatic carbocycles. The molecular formula is C16H16FN3O4. The maximum Gasteiger partial charge on any atom is 0.329 e. The number of hydrogen-bond donors (Lipinski definition) is 2. The zero-order valence-electron chi connectivity index (χ0n) is 13.1.